The van der Waals surface area contributed by atoms with Crippen molar-refractivity contribution in [1.29, 1.82) is 0 Å². The Bertz CT molecular complexity index is 889. The predicted molar refractivity (Wildman–Crippen MR) is 113 cm³/mol. The Morgan fingerprint density at radius 2 is 1.58 bits per heavy atom. The molecule has 2 aromatic rings. The van der Waals surface area contributed by atoms with E-state index in [0.717, 1.165) is 11.1 Å². The first-order chi connectivity index (χ1) is 14.4. The van der Waals surface area contributed by atoms with Gasteiger partial charge in [0.1, 0.15) is 12.4 Å². The van der Waals surface area contributed by atoms with Gasteiger partial charge in [0.15, 0.2) is 12.4 Å². The molecule has 0 bridgehead atoms. The zero-order valence-corrected chi connectivity index (χ0v) is 18.7. The Balaban J connectivity index is 2.18. The molecule has 1 N–H and O–H groups in total. The Kier molecular flexibility index (Phi) is 8.25. The number of benzene rings is 2. The lowest BCUT2D eigenvalue weighted by Gasteiger charge is -2.27. The first-order valence-corrected chi connectivity index (χ1v) is 10.3. The second-order valence-corrected chi connectivity index (χ2v) is 8.32. The Morgan fingerprint density at radius 3 is 2.06 bits per heavy atom. The van der Waals surface area contributed by atoms with E-state index in [9.17, 15) is 23.1 Å². The number of carbonyl (C=O) groups is 1. The maximum atomic E-state index is 12.3. The number of Topliss-reactive ketones (excluding diaryl/α,β-unsaturated/α-hetero) is 1. The zero-order valence-electron chi connectivity index (χ0n) is 17.2. The average Bonchev–Trinajstić information content (AvgIpc) is 2.70. The summed E-state index contributed by atoms with van der Waals surface area (Å²) in [6.07, 6.45) is -5.02. The van der Waals surface area contributed by atoms with Crippen LogP contribution in [0.25, 0.3) is 0 Å². The van der Waals surface area contributed by atoms with Crippen LogP contribution in [0.5, 0.6) is 11.5 Å². The number of hydrogen-bond donors (Lipinski definition) is 1. The average molecular weight is 479 g/mol. The molecule has 0 aromatic heterocycles. The molecule has 0 saturated heterocycles. The van der Waals surface area contributed by atoms with Crippen molar-refractivity contribution in [1.82, 2.24) is 0 Å². The summed E-state index contributed by atoms with van der Waals surface area (Å²) in [5, 5.41) is 10.3. The maximum absolute atomic E-state index is 12.3. The van der Waals surface area contributed by atoms with Crippen molar-refractivity contribution in [2.45, 2.75) is 44.9 Å². The van der Waals surface area contributed by atoms with Crippen molar-refractivity contribution < 1.29 is 32.5 Å². The van der Waals surface area contributed by atoms with Crippen molar-refractivity contribution in [3.63, 3.8) is 0 Å². The molecule has 0 spiro atoms. The number of ether oxygens (including phenoxy) is 2. The van der Waals surface area contributed by atoms with Crippen LogP contribution in [0.3, 0.4) is 0 Å². The van der Waals surface area contributed by atoms with Gasteiger partial charge in [-0.3, -0.25) is 4.79 Å². The Morgan fingerprint density at radius 1 is 1.03 bits per heavy atom. The number of aliphatic hydroxyl groups excluding tert-OH is 1. The Hall–Kier alpha value is -1.96. The molecule has 0 aliphatic heterocycles. The molecule has 1 unspecified atom stereocenters. The molecular formula is C22H23Cl2F3O4. The van der Waals surface area contributed by atoms with Gasteiger partial charge in [0.25, 0.3) is 5.78 Å². The molecule has 1 atom stereocenters. The molecule has 0 aliphatic carbocycles. The fourth-order valence-electron chi connectivity index (χ4n) is 2.72. The molecule has 2 rings (SSSR count). The predicted octanol–water partition coefficient (Wildman–Crippen LogP) is 5.98. The van der Waals surface area contributed by atoms with Crippen LogP contribution in [-0.4, -0.2) is 36.4 Å². The van der Waals surface area contributed by atoms with Gasteiger partial charge in [-0.2, -0.15) is 13.2 Å². The van der Waals surface area contributed by atoms with E-state index in [4.69, 9.17) is 32.7 Å². The molecular weight excluding hydrogens is 456 g/mol. The lowest BCUT2D eigenvalue weighted by molar-refractivity contribution is -0.173. The Labute approximate surface area is 188 Å². The topological polar surface area (TPSA) is 55.8 Å². The smallest absolute Gasteiger partial charge is 0.453 e. The molecule has 0 saturated carbocycles. The minimum atomic E-state index is -4.93. The van der Waals surface area contributed by atoms with Gasteiger partial charge in [-0.15, -0.1) is 0 Å². The van der Waals surface area contributed by atoms with Gasteiger partial charge in [0, 0.05) is 5.41 Å². The molecule has 0 heterocycles. The number of hydrogen-bond acceptors (Lipinski definition) is 4. The van der Waals surface area contributed by atoms with Crippen molar-refractivity contribution in [2.75, 3.05) is 13.2 Å². The van der Waals surface area contributed by atoms with E-state index in [2.05, 4.69) is 0 Å². The molecule has 0 radical (unpaired) electrons. The third-order valence-corrected chi connectivity index (χ3v) is 5.43. The fraction of sp³-hybridized carbons (Fsp3) is 0.409. The monoisotopic (exact) mass is 478 g/mol. The molecule has 9 heteroatoms. The number of ketones is 1. The van der Waals surface area contributed by atoms with Crippen LogP contribution < -0.4 is 9.47 Å². The van der Waals surface area contributed by atoms with Gasteiger partial charge in [-0.1, -0.05) is 56.1 Å². The van der Waals surface area contributed by atoms with Crippen LogP contribution in [0.4, 0.5) is 13.2 Å². The maximum Gasteiger partial charge on any atom is 0.453 e. The highest BCUT2D eigenvalue weighted by Crippen LogP contribution is 2.40. The largest absolute Gasteiger partial charge is 0.488 e. The summed E-state index contributed by atoms with van der Waals surface area (Å²) in [6.45, 7) is 4.68. The third-order valence-electron chi connectivity index (χ3n) is 4.87. The number of rotatable bonds is 9. The van der Waals surface area contributed by atoms with E-state index < -0.39 is 30.1 Å². The van der Waals surface area contributed by atoms with Gasteiger partial charge >= 0.3 is 6.18 Å². The van der Waals surface area contributed by atoms with E-state index in [1.54, 1.807) is 24.3 Å². The minimum Gasteiger partial charge on any atom is -0.488 e. The van der Waals surface area contributed by atoms with Gasteiger partial charge in [-0.25, -0.2) is 0 Å². The second-order valence-electron chi connectivity index (χ2n) is 7.50. The van der Waals surface area contributed by atoms with Crippen LogP contribution in [-0.2, 0) is 10.2 Å². The van der Waals surface area contributed by atoms with Crippen LogP contribution in [0.15, 0.2) is 36.4 Å². The van der Waals surface area contributed by atoms with Crippen LogP contribution in [0.1, 0.15) is 38.3 Å². The van der Waals surface area contributed by atoms with Crippen LogP contribution in [0, 0.1) is 0 Å². The summed E-state index contributed by atoms with van der Waals surface area (Å²) in [6, 6.07) is 9.80. The van der Waals surface area contributed by atoms with Crippen molar-refractivity contribution in [3.05, 3.63) is 57.6 Å². The molecule has 170 valence electrons. The highest BCUT2D eigenvalue weighted by molar-refractivity contribution is 6.37. The first-order valence-electron chi connectivity index (χ1n) is 9.50. The normalized spacial score (nSPS) is 13.1. The number of carbonyl (C=O) groups excluding carboxylic acids is 1. The summed E-state index contributed by atoms with van der Waals surface area (Å²) in [5.41, 5.74) is 1.05. The summed E-state index contributed by atoms with van der Waals surface area (Å²) in [4.78, 5) is 10.9. The third kappa shape index (κ3) is 6.51. The van der Waals surface area contributed by atoms with E-state index in [1.807, 2.05) is 20.8 Å². The SMILES string of the molecule is CCC(O)COc1c(Cl)cc(C(C)(C)c2ccc(OCC(=O)C(F)(F)F)cc2)cc1Cl. The summed E-state index contributed by atoms with van der Waals surface area (Å²) < 4.78 is 47.3. The van der Waals surface area contributed by atoms with Crippen molar-refractivity contribution in [3.8, 4) is 11.5 Å². The summed E-state index contributed by atoms with van der Waals surface area (Å²) in [5.74, 6) is -1.52. The van der Waals surface area contributed by atoms with E-state index >= 15 is 0 Å². The molecule has 0 amide bonds. The number of alkyl halides is 3. The summed E-state index contributed by atoms with van der Waals surface area (Å²) in [7, 11) is 0. The summed E-state index contributed by atoms with van der Waals surface area (Å²) >= 11 is 12.7. The van der Waals surface area contributed by atoms with E-state index in [1.165, 1.54) is 12.1 Å². The van der Waals surface area contributed by atoms with Gasteiger partial charge in [0.05, 0.1) is 16.1 Å². The quantitative estimate of drug-likeness (QED) is 0.481. The van der Waals surface area contributed by atoms with Crippen LogP contribution in [0.2, 0.25) is 10.0 Å². The van der Waals surface area contributed by atoms with Crippen molar-refractivity contribution in [2.24, 2.45) is 0 Å². The standard InChI is InChI=1S/C22H23Cl2F3O4/c1-4-15(28)11-31-20-17(23)9-14(10-18(20)24)21(2,3)13-5-7-16(8-6-13)30-12-19(29)22(25,26)27/h5-10,15,28H,4,11-12H2,1-3H3. The lowest BCUT2D eigenvalue weighted by Crippen LogP contribution is -2.28. The molecule has 0 aliphatic rings. The van der Waals surface area contributed by atoms with Gasteiger partial charge < -0.3 is 14.6 Å². The number of aliphatic hydroxyl groups is 1. The highest BCUT2D eigenvalue weighted by Gasteiger charge is 2.38. The van der Waals surface area contributed by atoms with E-state index in [0.29, 0.717) is 16.5 Å². The van der Waals surface area contributed by atoms with E-state index in [-0.39, 0.29) is 18.1 Å². The first kappa shape index (κ1) is 25.3. The molecule has 31 heavy (non-hydrogen) atoms. The van der Waals surface area contributed by atoms with Gasteiger partial charge in [-0.05, 0) is 41.8 Å². The molecule has 2 aromatic carbocycles. The van der Waals surface area contributed by atoms with Gasteiger partial charge in [0.2, 0.25) is 0 Å². The second kappa shape index (κ2) is 10.1. The highest BCUT2D eigenvalue weighted by atomic mass is 35.5. The minimum absolute atomic E-state index is 0.0665. The molecule has 0 fully saturated rings. The van der Waals surface area contributed by atoms with Crippen LogP contribution >= 0.6 is 23.2 Å². The molecule has 4 nitrogen and oxygen atoms in total. The fourth-order valence-corrected chi connectivity index (χ4v) is 3.32. The lowest BCUT2D eigenvalue weighted by atomic mass is 9.78. The van der Waals surface area contributed by atoms with Crippen molar-refractivity contribution >= 4 is 29.0 Å². The number of halogens is 5. The zero-order chi connectivity index (χ0) is 23.4.